The van der Waals surface area contributed by atoms with E-state index in [4.69, 9.17) is 4.74 Å². The van der Waals surface area contributed by atoms with Crippen LogP contribution in [-0.2, 0) is 24.2 Å². The van der Waals surface area contributed by atoms with E-state index in [0.717, 1.165) is 17.0 Å². The second-order valence-electron chi connectivity index (χ2n) is 5.46. The van der Waals surface area contributed by atoms with Gasteiger partial charge in [-0.1, -0.05) is 0 Å². The molecule has 0 bridgehead atoms. The molecule has 3 rings (SSSR count). The number of ether oxygens (including phenoxy) is 1. The lowest BCUT2D eigenvalue weighted by atomic mass is 9.99. The quantitative estimate of drug-likeness (QED) is 0.877. The Kier molecular flexibility index (Phi) is 3.93. The standard InChI is InChI=1S/C14H20N6O2/c1-4-20-16-7-10(19-20)6-15-14(21)13-11-5-8(2)22-9(3)12(11)17-18-13/h7-9H,4-6H2,1-3H3,(H,15,21)(H,17,18)/t8-,9+/m0/s1. The van der Waals surface area contributed by atoms with Gasteiger partial charge in [0.15, 0.2) is 5.69 Å². The lowest BCUT2D eigenvalue weighted by Crippen LogP contribution is -2.27. The van der Waals surface area contributed by atoms with Gasteiger partial charge in [0.05, 0.1) is 37.2 Å². The summed E-state index contributed by atoms with van der Waals surface area (Å²) < 4.78 is 5.73. The molecule has 2 atom stereocenters. The molecule has 8 nitrogen and oxygen atoms in total. The van der Waals surface area contributed by atoms with E-state index in [9.17, 15) is 4.79 Å². The number of rotatable bonds is 4. The Morgan fingerprint density at radius 3 is 3.09 bits per heavy atom. The fourth-order valence-corrected chi connectivity index (χ4v) is 2.68. The maximum atomic E-state index is 12.4. The van der Waals surface area contributed by atoms with Crippen molar-refractivity contribution >= 4 is 5.91 Å². The number of H-pyrrole nitrogens is 1. The summed E-state index contributed by atoms with van der Waals surface area (Å²) in [5.74, 6) is -0.204. The van der Waals surface area contributed by atoms with Gasteiger partial charge in [-0.3, -0.25) is 9.89 Å². The largest absolute Gasteiger partial charge is 0.369 e. The van der Waals surface area contributed by atoms with Gasteiger partial charge < -0.3 is 10.1 Å². The molecule has 0 aromatic carbocycles. The Bertz CT molecular complexity index is 677. The van der Waals surface area contributed by atoms with Gasteiger partial charge in [0.25, 0.3) is 5.91 Å². The topological polar surface area (TPSA) is 97.7 Å². The normalized spacial score (nSPS) is 20.7. The van der Waals surface area contributed by atoms with E-state index in [0.29, 0.717) is 25.2 Å². The Morgan fingerprint density at radius 1 is 1.55 bits per heavy atom. The molecule has 2 aromatic rings. The van der Waals surface area contributed by atoms with Crippen LogP contribution in [0.1, 0.15) is 54.3 Å². The summed E-state index contributed by atoms with van der Waals surface area (Å²) in [7, 11) is 0. The Balaban J connectivity index is 1.70. The van der Waals surface area contributed by atoms with E-state index >= 15 is 0 Å². The SMILES string of the molecule is CCn1ncc(CNC(=O)c2n[nH]c3c2C[C@H](C)O[C@@H]3C)n1. The van der Waals surface area contributed by atoms with Crippen LogP contribution in [0.4, 0.5) is 0 Å². The molecule has 1 amide bonds. The molecule has 3 heterocycles. The van der Waals surface area contributed by atoms with Gasteiger partial charge in [-0.25, -0.2) is 0 Å². The Morgan fingerprint density at radius 2 is 2.36 bits per heavy atom. The monoisotopic (exact) mass is 304 g/mol. The summed E-state index contributed by atoms with van der Waals surface area (Å²) in [6.07, 6.45) is 2.35. The molecule has 118 valence electrons. The van der Waals surface area contributed by atoms with Crippen molar-refractivity contribution in [2.45, 2.75) is 52.5 Å². The van der Waals surface area contributed by atoms with Crippen molar-refractivity contribution in [2.24, 2.45) is 0 Å². The minimum atomic E-state index is -0.204. The highest BCUT2D eigenvalue weighted by Gasteiger charge is 2.29. The van der Waals surface area contributed by atoms with Crippen LogP contribution in [0.25, 0.3) is 0 Å². The molecular formula is C14H20N6O2. The summed E-state index contributed by atoms with van der Waals surface area (Å²) in [6.45, 7) is 6.95. The highest BCUT2D eigenvalue weighted by molar-refractivity contribution is 5.94. The third-order valence-corrected chi connectivity index (χ3v) is 3.75. The fraction of sp³-hybridized carbons (Fsp3) is 0.571. The number of nitrogens with one attached hydrogen (secondary N) is 2. The summed E-state index contributed by atoms with van der Waals surface area (Å²) in [6, 6.07) is 0. The number of hydrogen-bond donors (Lipinski definition) is 2. The van der Waals surface area contributed by atoms with Crippen molar-refractivity contribution < 1.29 is 9.53 Å². The number of aromatic amines is 1. The van der Waals surface area contributed by atoms with Crippen LogP contribution in [-0.4, -0.2) is 37.2 Å². The second-order valence-corrected chi connectivity index (χ2v) is 5.46. The van der Waals surface area contributed by atoms with Crippen LogP contribution in [0, 0.1) is 0 Å². The minimum Gasteiger partial charge on any atom is -0.369 e. The number of fused-ring (bicyclic) bond motifs is 1. The summed E-state index contributed by atoms with van der Waals surface area (Å²) in [5.41, 5.74) is 3.01. The zero-order valence-corrected chi connectivity index (χ0v) is 13.0. The van der Waals surface area contributed by atoms with Crippen LogP contribution in [0.2, 0.25) is 0 Å². The van der Waals surface area contributed by atoms with E-state index in [1.165, 1.54) is 0 Å². The first-order chi connectivity index (χ1) is 10.6. The number of aromatic nitrogens is 5. The zero-order valence-electron chi connectivity index (χ0n) is 13.0. The molecule has 0 spiro atoms. The smallest absolute Gasteiger partial charge is 0.272 e. The Hall–Kier alpha value is -2.22. The first kappa shape index (κ1) is 14.7. The molecule has 0 unspecified atom stereocenters. The third kappa shape index (κ3) is 2.74. The van der Waals surface area contributed by atoms with E-state index in [1.807, 2.05) is 20.8 Å². The van der Waals surface area contributed by atoms with E-state index in [2.05, 4.69) is 25.7 Å². The van der Waals surface area contributed by atoms with E-state index in [1.54, 1.807) is 11.0 Å². The van der Waals surface area contributed by atoms with Crippen molar-refractivity contribution in [1.29, 1.82) is 0 Å². The molecule has 22 heavy (non-hydrogen) atoms. The number of carbonyl (C=O) groups is 1. The van der Waals surface area contributed by atoms with Crippen molar-refractivity contribution in [2.75, 3.05) is 0 Å². The van der Waals surface area contributed by atoms with Gasteiger partial charge in [0.2, 0.25) is 0 Å². The summed E-state index contributed by atoms with van der Waals surface area (Å²) >= 11 is 0. The highest BCUT2D eigenvalue weighted by atomic mass is 16.5. The van der Waals surface area contributed by atoms with Gasteiger partial charge in [-0.05, 0) is 20.8 Å². The molecule has 8 heteroatoms. The molecule has 0 saturated heterocycles. The van der Waals surface area contributed by atoms with E-state index in [-0.39, 0.29) is 18.1 Å². The molecule has 1 aliphatic heterocycles. The van der Waals surface area contributed by atoms with Gasteiger partial charge >= 0.3 is 0 Å². The number of amides is 1. The molecule has 1 aliphatic rings. The van der Waals surface area contributed by atoms with Crippen LogP contribution < -0.4 is 5.32 Å². The minimum absolute atomic E-state index is 0.0720. The van der Waals surface area contributed by atoms with Gasteiger partial charge in [-0.2, -0.15) is 20.1 Å². The second kappa shape index (κ2) is 5.88. The van der Waals surface area contributed by atoms with Crippen LogP contribution in [0.3, 0.4) is 0 Å². The van der Waals surface area contributed by atoms with Crippen molar-refractivity contribution in [3.8, 4) is 0 Å². The lowest BCUT2D eigenvalue weighted by molar-refractivity contribution is -0.00697. The average Bonchev–Trinajstić information content (AvgIpc) is 3.11. The first-order valence-corrected chi connectivity index (χ1v) is 7.48. The number of nitrogens with zero attached hydrogens (tertiary/aromatic N) is 4. The fourth-order valence-electron chi connectivity index (χ4n) is 2.68. The van der Waals surface area contributed by atoms with Crippen LogP contribution in [0.5, 0.6) is 0 Å². The Labute approximate surface area is 128 Å². The molecule has 2 N–H and O–H groups in total. The number of hydrogen-bond acceptors (Lipinski definition) is 5. The zero-order chi connectivity index (χ0) is 15.7. The van der Waals surface area contributed by atoms with Crippen LogP contribution in [0.15, 0.2) is 6.20 Å². The van der Waals surface area contributed by atoms with Crippen LogP contribution >= 0.6 is 0 Å². The van der Waals surface area contributed by atoms with Gasteiger partial charge in [0.1, 0.15) is 5.69 Å². The van der Waals surface area contributed by atoms with Crippen molar-refractivity contribution in [3.05, 3.63) is 28.8 Å². The maximum Gasteiger partial charge on any atom is 0.272 e. The average molecular weight is 304 g/mol. The third-order valence-electron chi connectivity index (χ3n) is 3.75. The summed E-state index contributed by atoms with van der Waals surface area (Å²) in [4.78, 5) is 13.9. The molecule has 0 fully saturated rings. The predicted molar refractivity (Wildman–Crippen MR) is 78.1 cm³/mol. The number of aryl methyl sites for hydroxylation is 1. The van der Waals surface area contributed by atoms with Gasteiger partial charge in [-0.15, -0.1) is 0 Å². The molecule has 0 saturated carbocycles. The highest BCUT2D eigenvalue weighted by Crippen LogP contribution is 2.29. The lowest BCUT2D eigenvalue weighted by Gasteiger charge is -2.25. The molecule has 0 radical (unpaired) electrons. The maximum absolute atomic E-state index is 12.4. The van der Waals surface area contributed by atoms with Crippen molar-refractivity contribution in [1.82, 2.24) is 30.5 Å². The summed E-state index contributed by atoms with van der Waals surface area (Å²) in [5, 5.41) is 18.2. The van der Waals surface area contributed by atoms with Crippen molar-refractivity contribution in [3.63, 3.8) is 0 Å². The predicted octanol–water partition coefficient (Wildman–Crippen LogP) is 0.973. The molecule has 2 aromatic heterocycles. The molecule has 0 aliphatic carbocycles. The first-order valence-electron chi connectivity index (χ1n) is 7.48. The molecular weight excluding hydrogens is 284 g/mol. The van der Waals surface area contributed by atoms with Gasteiger partial charge in [0, 0.05) is 12.0 Å². The van der Waals surface area contributed by atoms with E-state index < -0.39 is 0 Å². The number of carbonyl (C=O) groups excluding carboxylic acids is 1.